The Bertz CT molecular complexity index is 618. The topological polar surface area (TPSA) is 55.8 Å². The fourth-order valence-electron chi connectivity index (χ4n) is 1.87. The van der Waals surface area contributed by atoms with Crippen molar-refractivity contribution >= 4 is 17.3 Å². The van der Waals surface area contributed by atoms with E-state index in [4.69, 9.17) is 14.6 Å². The van der Waals surface area contributed by atoms with Crippen molar-refractivity contribution in [1.82, 2.24) is 0 Å². The van der Waals surface area contributed by atoms with Crippen LogP contribution < -0.4 is 9.47 Å². The minimum absolute atomic E-state index is 0.252. The average molecular weight is 306 g/mol. The van der Waals surface area contributed by atoms with E-state index in [9.17, 15) is 4.79 Å². The number of hydrogen-bond donors (Lipinski definition) is 1. The van der Waals surface area contributed by atoms with Crippen molar-refractivity contribution < 1.29 is 19.4 Å². The van der Waals surface area contributed by atoms with Crippen LogP contribution in [0.2, 0.25) is 0 Å². The van der Waals surface area contributed by atoms with Crippen LogP contribution in [-0.4, -0.2) is 24.3 Å². The molecule has 0 aliphatic heterocycles. The minimum Gasteiger partial charge on any atom is -0.490 e. The summed E-state index contributed by atoms with van der Waals surface area (Å²) in [7, 11) is 0. The molecule has 2 aromatic rings. The summed E-state index contributed by atoms with van der Waals surface area (Å²) in [5, 5.41) is 9.14. The summed E-state index contributed by atoms with van der Waals surface area (Å²) in [6, 6.07) is 9.55. The molecule has 0 aliphatic carbocycles. The van der Waals surface area contributed by atoms with Gasteiger partial charge in [-0.25, -0.2) is 4.79 Å². The summed E-state index contributed by atoms with van der Waals surface area (Å²) in [6.07, 6.45) is 0.800. The molecule has 0 spiro atoms. The smallest absolute Gasteiger partial charge is 0.349 e. The Morgan fingerprint density at radius 2 is 2.00 bits per heavy atom. The van der Waals surface area contributed by atoms with Gasteiger partial charge in [0.1, 0.15) is 24.7 Å². The van der Waals surface area contributed by atoms with Crippen molar-refractivity contribution in [1.29, 1.82) is 0 Å². The van der Waals surface area contributed by atoms with Gasteiger partial charge in [-0.1, -0.05) is 19.1 Å². The van der Waals surface area contributed by atoms with Gasteiger partial charge in [0.15, 0.2) is 4.88 Å². The number of carbonyl (C=O) groups is 1. The number of rotatable bonds is 7. The molecule has 1 aromatic heterocycles. The Morgan fingerprint density at radius 3 is 2.67 bits per heavy atom. The number of benzene rings is 1. The zero-order valence-corrected chi connectivity index (χ0v) is 12.9. The molecule has 0 saturated heterocycles. The van der Waals surface area contributed by atoms with Crippen molar-refractivity contribution in [2.75, 3.05) is 13.2 Å². The molecule has 0 aliphatic rings. The first-order chi connectivity index (χ1) is 10.1. The zero-order valence-electron chi connectivity index (χ0n) is 12.1. The predicted octanol–water partition coefficient (Wildman–Crippen LogP) is 3.77. The molecule has 5 heteroatoms. The summed E-state index contributed by atoms with van der Waals surface area (Å²) < 4.78 is 11.1. The number of ether oxygens (including phenoxy) is 2. The molecular weight excluding hydrogens is 288 g/mol. The van der Waals surface area contributed by atoms with Crippen LogP contribution in [0.25, 0.3) is 0 Å². The van der Waals surface area contributed by atoms with E-state index in [1.54, 1.807) is 6.07 Å². The van der Waals surface area contributed by atoms with E-state index in [2.05, 4.69) is 0 Å². The Kier molecular flexibility index (Phi) is 5.22. The molecule has 0 unspecified atom stereocenters. The molecule has 0 atom stereocenters. The average Bonchev–Trinajstić information content (AvgIpc) is 2.87. The highest BCUT2D eigenvalue weighted by molar-refractivity contribution is 7.14. The van der Waals surface area contributed by atoms with E-state index >= 15 is 0 Å². The first kappa shape index (κ1) is 15.4. The Labute approximate surface area is 128 Å². The van der Waals surface area contributed by atoms with Gasteiger partial charge in [-0.15, -0.1) is 11.3 Å². The van der Waals surface area contributed by atoms with Crippen LogP contribution in [0.4, 0.5) is 0 Å². The van der Waals surface area contributed by atoms with E-state index in [-0.39, 0.29) is 4.88 Å². The van der Waals surface area contributed by atoms with Crippen LogP contribution in [-0.2, 0) is 6.42 Å². The lowest BCUT2D eigenvalue weighted by atomic mass is 10.2. The number of carboxylic acid groups (broad SMARTS) is 1. The summed E-state index contributed by atoms with van der Waals surface area (Å²) >= 11 is 1.26. The summed E-state index contributed by atoms with van der Waals surface area (Å²) in [4.78, 5) is 12.4. The largest absolute Gasteiger partial charge is 0.490 e. The third-order valence-corrected chi connectivity index (χ3v) is 4.14. The second-order valence-electron chi connectivity index (χ2n) is 4.58. The third-order valence-electron chi connectivity index (χ3n) is 2.89. The van der Waals surface area contributed by atoms with Crippen molar-refractivity contribution in [3.05, 3.63) is 45.6 Å². The fourth-order valence-corrected chi connectivity index (χ4v) is 2.75. The molecule has 21 heavy (non-hydrogen) atoms. The third kappa shape index (κ3) is 4.23. The molecule has 1 heterocycles. The Hall–Kier alpha value is -2.01. The van der Waals surface area contributed by atoms with Crippen LogP contribution in [0.15, 0.2) is 30.3 Å². The van der Waals surface area contributed by atoms with Gasteiger partial charge in [0, 0.05) is 4.88 Å². The van der Waals surface area contributed by atoms with Crippen molar-refractivity contribution in [3.63, 3.8) is 0 Å². The maximum Gasteiger partial charge on any atom is 0.349 e. The van der Waals surface area contributed by atoms with Gasteiger partial charge < -0.3 is 14.6 Å². The van der Waals surface area contributed by atoms with Crippen LogP contribution in [0, 0.1) is 6.92 Å². The van der Waals surface area contributed by atoms with Gasteiger partial charge in [-0.05, 0) is 37.1 Å². The normalized spacial score (nSPS) is 10.4. The molecule has 1 aromatic carbocycles. The summed E-state index contributed by atoms with van der Waals surface area (Å²) in [5.74, 6) is 0.267. The monoisotopic (exact) mass is 306 g/mol. The van der Waals surface area contributed by atoms with Crippen molar-refractivity contribution in [2.45, 2.75) is 20.3 Å². The molecule has 112 valence electrons. The van der Waals surface area contributed by atoms with Gasteiger partial charge in [-0.2, -0.15) is 0 Å². The van der Waals surface area contributed by atoms with E-state index < -0.39 is 5.97 Å². The second kappa shape index (κ2) is 7.13. The highest BCUT2D eigenvalue weighted by Gasteiger charge is 2.16. The molecule has 0 bridgehead atoms. The number of aromatic carboxylic acids is 1. The lowest BCUT2D eigenvalue weighted by Crippen LogP contribution is -2.10. The first-order valence-electron chi connectivity index (χ1n) is 6.78. The van der Waals surface area contributed by atoms with Gasteiger partial charge in [0.2, 0.25) is 0 Å². The highest BCUT2D eigenvalue weighted by Crippen LogP contribution is 2.29. The van der Waals surface area contributed by atoms with E-state index in [0.29, 0.717) is 19.0 Å². The van der Waals surface area contributed by atoms with Crippen LogP contribution in [0.1, 0.15) is 27.0 Å². The number of hydrogen-bond acceptors (Lipinski definition) is 4. The first-order valence-corrected chi connectivity index (χ1v) is 7.60. The summed E-state index contributed by atoms with van der Waals surface area (Å²) in [6.45, 7) is 4.68. The lowest BCUT2D eigenvalue weighted by Gasteiger charge is -2.08. The molecule has 0 fully saturated rings. The number of thiophene rings is 1. The molecule has 0 radical (unpaired) electrons. The molecular formula is C16H18O4S. The predicted molar refractivity (Wildman–Crippen MR) is 82.8 cm³/mol. The molecule has 0 amide bonds. The number of aryl methyl sites for hydroxylation is 2. The Morgan fingerprint density at radius 1 is 1.24 bits per heavy atom. The summed E-state index contributed by atoms with van der Waals surface area (Å²) in [5.41, 5.74) is 1.13. The van der Waals surface area contributed by atoms with E-state index in [1.165, 1.54) is 11.3 Å². The van der Waals surface area contributed by atoms with Crippen LogP contribution in [0.5, 0.6) is 11.5 Å². The minimum atomic E-state index is -0.950. The Balaban J connectivity index is 1.88. The highest BCUT2D eigenvalue weighted by atomic mass is 32.1. The van der Waals surface area contributed by atoms with Gasteiger partial charge in [0.25, 0.3) is 0 Å². The maximum absolute atomic E-state index is 11.1. The van der Waals surface area contributed by atoms with E-state index in [0.717, 1.165) is 22.6 Å². The standard InChI is InChI=1S/C16H18O4S/c1-3-13-10-14(15(21-13)16(17)18)20-8-7-19-12-6-4-5-11(2)9-12/h4-6,9-10H,3,7-8H2,1-2H3,(H,17,18). The molecule has 1 N–H and O–H groups in total. The molecule has 0 saturated carbocycles. The van der Waals surface area contributed by atoms with Crippen LogP contribution >= 0.6 is 11.3 Å². The second-order valence-corrected chi connectivity index (χ2v) is 5.71. The van der Waals surface area contributed by atoms with Gasteiger partial charge in [0.05, 0.1) is 0 Å². The van der Waals surface area contributed by atoms with Gasteiger partial charge >= 0.3 is 5.97 Å². The molecule has 2 rings (SSSR count). The van der Waals surface area contributed by atoms with E-state index in [1.807, 2.05) is 38.1 Å². The van der Waals surface area contributed by atoms with Crippen LogP contribution in [0.3, 0.4) is 0 Å². The maximum atomic E-state index is 11.1. The van der Waals surface area contributed by atoms with Gasteiger partial charge in [-0.3, -0.25) is 0 Å². The van der Waals surface area contributed by atoms with Crippen molar-refractivity contribution in [3.8, 4) is 11.5 Å². The lowest BCUT2D eigenvalue weighted by molar-refractivity contribution is 0.0697. The fraction of sp³-hybridized carbons (Fsp3) is 0.312. The number of carboxylic acids is 1. The quantitative estimate of drug-likeness (QED) is 0.791. The SMILES string of the molecule is CCc1cc(OCCOc2cccc(C)c2)c(C(=O)O)s1. The van der Waals surface area contributed by atoms with Crippen molar-refractivity contribution in [2.24, 2.45) is 0 Å². The molecule has 4 nitrogen and oxygen atoms in total. The zero-order chi connectivity index (χ0) is 15.2.